The molecule has 9 nitrogen and oxygen atoms in total. The number of aromatic nitrogens is 3. The Morgan fingerprint density at radius 3 is 2.74 bits per heavy atom. The van der Waals surface area contributed by atoms with Gasteiger partial charge in [0.15, 0.2) is 0 Å². The lowest BCUT2D eigenvalue weighted by molar-refractivity contribution is 0.0949. The number of rotatable bonds is 3. The number of carbonyl (C=O) groups excluding carboxylic acids is 2. The van der Waals surface area contributed by atoms with Gasteiger partial charge < -0.3 is 10.6 Å². The predicted molar refractivity (Wildman–Crippen MR) is 94.6 cm³/mol. The van der Waals surface area contributed by atoms with Crippen LogP contribution in [0.4, 0.5) is 5.69 Å². The minimum Gasteiger partial charge on any atom is -0.348 e. The van der Waals surface area contributed by atoms with Crippen molar-refractivity contribution < 1.29 is 18.0 Å². The van der Waals surface area contributed by atoms with Crippen LogP contribution in [0.3, 0.4) is 0 Å². The Labute approximate surface area is 154 Å². The molecule has 2 N–H and O–H groups in total. The van der Waals surface area contributed by atoms with Crippen LogP contribution in [0.25, 0.3) is 0 Å². The fourth-order valence-electron chi connectivity index (χ4n) is 2.74. The fraction of sp³-hybridized carbons (Fsp3) is 0.0588. The lowest BCUT2D eigenvalue weighted by Gasteiger charge is -2.10. The summed E-state index contributed by atoms with van der Waals surface area (Å²) in [5.74, 6) is -0.988. The highest BCUT2D eigenvalue weighted by molar-refractivity contribution is 7.90. The fourth-order valence-corrected chi connectivity index (χ4v) is 4.22. The number of nitrogens with zero attached hydrogens (tertiary/aromatic N) is 3. The van der Waals surface area contributed by atoms with E-state index >= 15 is 0 Å². The molecule has 27 heavy (non-hydrogen) atoms. The molecule has 3 aromatic rings. The van der Waals surface area contributed by atoms with Gasteiger partial charge in [0.2, 0.25) is 0 Å². The van der Waals surface area contributed by atoms with Gasteiger partial charge in [-0.3, -0.25) is 9.59 Å². The smallest absolute Gasteiger partial charge is 0.273 e. The minimum absolute atomic E-state index is 0.00118. The summed E-state index contributed by atoms with van der Waals surface area (Å²) in [7, 11) is -3.94. The molecule has 10 heteroatoms. The van der Waals surface area contributed by atoms with Crippen LogP contribution in [-0.2, 0) is 16.6 Å². The van der Waals surface area contributed by atoms with E-state index in [1.54, 1.807) is 12.4 Å². The van der Waals surface area contributed by atoms with Crippen molar-refractivity contribution in [2.75, 3.05) is 5.32 Å². The number of amides is 2. The normalized spacial score (nSPS) is 14.4. The molecular weight excluding hydrogens is 370 g/mol. The van der Waals surface area contributed by atoms with Gasteiger partial charge in [-0.2, -0.15) is 0 Å². The van der Waals surface area contributed by atoms with Crippen LogP contribution in [-0.4, -0.2) is 34.2 Å². The molecule has 0 bridgehead atoms. The maximum Gasteiger partial charge on any atom is 0.273 e. The third-order valence-electron chi connectivity index (χ3n) is 4.04. The van der Waals surface area contributed by atoms with E-state index in [-0.39, 0.29) is 28.4 Å². The van der Waals surface area contributed by atoms with Crippen LogP contribution in [0.1, 0.15) is 26.4 Å². The van der Waals surface area contributed by atoms with Crippen molar-refractivity contribution in [3.63, 3.8) is 0 Å². The van der Waals surface area contributed by atoms with Gasteiger partial charge in [0.1, 0.15) is 16.9 Å². The molecule has 4 rings (SSSR count). The first-order chi connectivity index (χ1) is 13.0. The van der Waals surface area contributed by atoms with Gasteiger partial charge in [0.05, 0.1) is 5.69 Å². The zero-order valence-corrected chi connectivity index (χ0v) is 14.6. The third kappa shape index (κ3) is 2.95. The number of anilines is 1. The van der Waals surface area contributed by atoms with E-state index in [0.717, 1.165) is 9.54 Å². The van der Waals surface area contributed by atoms with E-state index in [1.165, 1.54) is 42.9 Å². The summed E-state index contributed by atoms with van der Waals surface area (Å²) in [6, 6.07) is 6.93. The summed E-state index contributed by atoms with van der Waals surface area (Å²) in [6.45, 7) is 0.215. The second-order valence-electron chi connectivity index (χ2n) is 5.79. The molecule has 0 atom stereocenters. The van der Waals surface area contributed by atoms with Crippen LogP contribution in [0.15, 0.2) is 60.1 Å². The van der Waals surface area contributed by atoms with E-state index in [1.807, 2.05) is 0 Å². The van der Waals surface area contributed by atoms with E-state index in [4.69, 9.17) is 0 Å². The topological polar surface area (TPSA) is 123 Å². The monoisotopic (exact) mass is 383 g/mol. The standard InChI is InChI=1S/C17H13N5O4S/c23-16(20-9-11-7-18-10-19-8-11)12-3-4-15-13(6-12)21-17(24)14-2-1-5-22(14)27(15,25)26/h1-8,10H,9H2,(H,20,23)(H,21,24). The van der Waals surface area contributed by atoms with E-state index < -0.39 is 21.8 Å². The zero-order valence-electron chi connectivity index (χ0n) is 13.8. The van der Waals surface area contributed by atoms with Crippen molar-refractivity contribution in [2.45, 2.75) is 11.4 Å². The molecule has 0 saturated heterocycles. The van der Waals surface area contributed by atoms with E-state index in [2.05, 4.69) is 20.6 Å². The molecule has 136 valence electrons. The summed E-state index contributed by atoms with van der Waals surface area (Å²) in [6.07, 6.45) is 5.84. The van der Waals surface area contributed by atoms with Crippen molar-refractivity contribution in [2.24, 2.45) is 0 Å². The molecule has 3 heterocycles. The molecule has 1 aliphatic rings. The van der Waals surface area contributed by atoms with Gasteiger partial charge in [0.25, 0.3) is 21.8 Å². The molecule has 1 aromatic carbocycles. The van der Waals surface area contributed by atoms with Crippen molar-refractivity contribution in [3.05, 3.63) is 72.1 Å². The summed E-state index contributed by atoms with van der Waals surface area (Å²) in [4.78, 5) is 32.3. The van der Waals surface area contributed by atoms with Gasteiger partial charge in [-0.25, -0.2) is 22.4 Å². The Kier molecular flexibility index (Phi) is 3.96. The molecule has 0 fully saturated rings. The first-order valence-electron chi connectivity index (χ1n) is 7.87. The second kappa shape index (κ2) is 6.32. The first-order valence-corrected chi connectivity index (χ1v) is 9.31. The summed E-state index contributed by atoms with van der Waals surface area (Å²) in [5.41, 5.74) is 0.990. The maximum atomic E-state index is 12.8. The molecule has 0 aliphatic carbocycles. The largest absolute Gasteiger partial charge is 0.348 e. The number of carbonyl (C=O) groups is 2. The highest BCUT2D eigenvalue weighted by atomic mass is 32.2. The van der Waals surface area contributed by atoms with Crippen molar-refractivity contribution in [1.29, 1.82) is 0 Å². The molecule has 0 saturated carbocycles. The van der Waals surface area contributed by atoms with Crippen LogP contribution < -0.4 is 10.6 Å². The zero-order chi connectivity index (χ0) is 19.0. The van der Waals surface area contributed by atoms with Gasteiger partial charge in [-0.1, -0.05) is 0 Å². The first kappa shape index (κ1) is 16.9. The lowest BCUT2D eigenvalue weighted by atomic mass is 10.1. The Morgan fingerprint density at radius 2 is 1.96 bits per heavy atom. The SMILES string of the molecule is O=C(NCc1cncnc1)c1ccc2c(c1)NC(=O)c1cccn1S2(=O)=O. The van der Waals surface area contributed by atoms with E-state index in [0.29, 0.717) is 0 Å². The molecule has 0 unspecified atom stereocenters. The van der Waals surface area contributed by atoms with Crippen molar-refractivity contribution >= 4 is 27.5 Å². The van der Waals surface area contributed by atoms with Crippen LogP contribution in [0.5, 0.6) is 0 Å². The van der Waals surface area contributed by atoms with Crippen LogP contribution in [0.2, 0.25) is 0 Å². The summed E-state index contributed by atoms with van der Waals surface area (Å²) >= 11 is 0. The van der Waals surface area contributed by atoms with Gasteiger partial charge in [-0.15, -0.1) is 0 Å². The van der Waals surface area contributed by atoms with E-state index in [9.17, 15) is 18.0 Å². The minimum atomic E-state index is -3.94. The molecule has 2 amide bonds. The molecule has 2 aromatic heterocycles. The quantitative estimate of drug-likeness (QED) is 0.696. The van der Waals surface area contributed by atoms with Crippen LogP contribution in [0, 0.1) is 0 Å². The van der Waals surface area contributed by atoms with Crippen LogP contribution >= 0.6 is 0 Å². The molecule has 0 radical (unpaired) electrons. The number of hydrogen-bond acceptors (Lipinski definition) is 6. The van der Waals surface area contributed by atoms with Gasteiger partial charge in [0, 0.05) is 36.3 Å². The predicted octanol–water partition coefficient (Wildman–Crippen LogP) is 1.01. The summed E-state index contributed by atoms with van der Waals surface area (Å²) in [5, 5.41) is 5.25. The molecule has 1 aliphatic heterocycles. The Morgan fingerprint density at radius 1 is 1.19 bits per heavy atom. The summed E-state index contributed by atoms with van der Waals surface area (Å²) < 4.78 is 26.5. The van der Waals surface area contributed by atoms with Gasteiger partial charge >= 0.3 is 0 Å². The maximum absolute atomic E-state index is 12.8. The molecule has 0 spiro atoms. The number of nitrogens with one attached hydrogen (secondary N) is 2. The average molecular weight is 383 g/mol. The number of benzene rings is 1. The molecular formula is C17H13N5O4S. The third-order valence-corrected chi connectivity index (χ3v) is 5.79. The number of hydrogen-bond donors (Lipinski definition) is 2. The van der Waals surface area contributed by atoms with Gasteiger partial charge in [-0.05, 0) is 30.3 Å². The van der Waals surface area contributed by atoms with Crippen molar-refractivity contribution in [1.82, 2.24) is 19.3 Å². The Bertz CT molecular complexity index is 1160. The average Bonchev–Trinajstić information content (AvgIpc) is 3.15. The number of fused-ring (bicyclic) bond motifs is 2. The lowest BCUT2D eigenvalue weighted by Crippen LogP contribution is -2.23. The Hall–Kier alpha value is -3.53. The highest BCUT2D eigenvalue weighted by Crippen LogP contribution is 2.29. The Balaban J connectivity index is 1.65. The van der Waals surface area contributed by atoms with Crippen molar-refractivity contribution in [3.8, 4) is 0 Å². The second-order valence-corrected chi connectivity index (χ2v) is 7.57. The highest BCUT2D eigenvalue weighted by Gasteiger charge is 2.30.